The van der Waals surface area contributed by atoms with Crippen LogP contribution in [0, 0.1) is 0 Å². The van der Waals surface area contributed by atoms with Crippen LogP contribution < -0.4 is 0 Å². The van der Waals surface area contributed by atoms with Crippen LogP contribution in [0.5, 0.6) is 0 Å². The number of halogens is 1. The van der Waals surface area contributed by atoms with Gasteiger partial charge in [0.05, 0.1) is 6.21 Å². The van der Waals surface area contributed by atoms with Crippen molar-refractivity contribution in [3.63, 3.8) is 0 Å². The fraction of sp³-hybridized carbons (Fsp3) is 1.00. The summed E-state index contributed by atoms with van der Waals surface area (Å²) in [6.07, 6.45) is 0. The highest BCUT2D eigenvalue weighted by atomic mass is 35.5. The summed E-state index contributed by atoms with van der Waals surface area (Å²) >= 11 is 5.12. The highest BCUT2D eigenvalue weighted by Gasteiger charge is 1.71. The van der Waals surface area contributed by atoms with Crippen LogP contribution in [0.15, 0.2) is 0 Å². The van der Waals surface area contributed by atoms with Crippen LogP contribution in [0.2, 0.25) is 0 Å². The zero-order valence-electron chi connectivity index (χ0n) is 3.03. The monoisotopic (exact) mass is 115 g/mol. The molecule has 0 nitrogen and oxygen atoms in total. The lowest BCUT2D eigenvalue weighted by atomic mass is 11.9. The third-order valence-electron chi connectivity index (χ3n) is 0. The van der Waals surface area contributed by atoms with Crippen molar-refractivity contribution in [2.75, 3.05) is 0 Å². The fourth-order valence-corrected chi connectivity index (χ4v) is 0. The molecular weight excluding hydrogens is 109 g/mol. The van der Waals surface area contributed by atoms with Gasteiger partial charge in [0.1, 0.15) is 0 Å². The molecule has 3 heteroatoms. The van der Waals surface area contributed by atoms with Gasteiger partial charge >= 0.3 is 0 Å². The molecule has 26 valence electrons. The maximum absolute atomic E-state index is 6.63. The Kier molecular flexibility index (Phi) is 2.00. The van der Waals surface area contributed by atoms with E-state index in [9.17, 15) is 0 Å². The Bertz CT molecular complexity index is 25.1. The second-order valence-corrected chi connectivity index (χ2v) is 3.46. The summed E-state index contributed by atoms with van der Waals surface area (Å²) in [6, 6.07) is 0. The van der Waals surface area contributed by atoms with Crippen LogP contribution in [0.4, 0.5) is 0 Å². The van der Waals surface area contributed by atoms with Gasteiger partial charge in [0.15, 0.2) is 0 Å². The molecular formula is CH5ClP2. The van der Waals surface area contributed by atoms with Gasteiger partial charge in [-0.1, -0.05) is 0 Å². The van der Waals surface area contributed by atoms with Crippen LogP contribution in [0.25, 0.3) is 0 Å². The molecule has 0 fully saturated rings. The molecule has 0 radical (unpaired) electrons. The van der Waals surface area contributed by atoms with Crippen LogP contribution >= 0.6 is 30.1 Å². The first-order valence-electron chi connectivity index (χ1n) is 1.27. The summed E-state index contributed by atoms with van der Waals surface area (Å²) in [5, 5.41) is 0. The molecule has 0 saturated heterocycles. The molecule has 4 heavy (non-hydrogen) atoms. The summed E-state index contributed by atoms with van der Waals surface area (Å²) in [5.74, 6) is 0. The Labute approximate surface area is 37.1 Å². The van der Waals surface area contributed by atoms with Crippen molar-refractivity contribution in [2.24, 2.45) is 0 Å². The van der Waals surface area contributed by atoms with E-state index in [2.05, 4.69) is 18.5 Å². The summed E-state index contributed by atoms with van der Waals surface area (Å²) in [6.45, 7) is 0. The van der Waals surface area contributed by atoms with Crippen molar-refractivity contribution < 1.29 is 1.37 Å². The first-order valence-corrected chi connectivity index (χ1v) is 2.30. The summed E-state index contributed by atoms with van der Waals surface area (Å²) < 4.78 is 6.63. The first-order chi connectivity index (χ1) is 2.00. The molecule has 0 rings (SSSR count). The van der Waals surface area contributed by atoms with Crippen molar-refractivity contribution in [2.45, 2.75) is 4.84 Å². The van der Waals surface area contributed by atoms with E-state index in [-0.39, 0.29) is 0 Å². The second kappa shape index (κ2) is 2.39. The third-order valence-corrected chi connectivity index (χ3v) is 0. The molecule has 0 aromatic rings. The summed E-state index contributed by atoms with van der Waals surface area (Å²) in [7, 11) is 4.22. The maximum atomic E-state index is 6.63. The van der Waals surface area contributed by atoms with Gasteiger partial charge in [-0.15, -0.1) is 30.1 Å². The van der Waals surface area contributed by atoms with Gasteiger partial charge in [-0.25, -0.2) is 0 Å². The summed E-state index contributed by atoms with van der Waals surface area (Å²) in [4.78, 5) is -0.944. The summed E-state index contributed by atoms with van der Waals surface area (Å²) in [5.41, 5.74) is 0. The molecule has 2 unspecified atom stereocenters. The molecule has 0 aliphatic heterocycles. The normalized spacial score (nSPS) is 15.2. The Morgan fingerprint density at radius 2 is 2.00 bits per heavy atom. The third kappa shape index (κ3) is 11.0. The van der Waals surface area contributed by atoms with Crippen molar-refractivity contribution in [3.05, 3.63) is 0 Å². The first kappa shape index (κ1) is 3.34. The Balaban J connectivity index is 3.02. The van der Waals surface area contributed by atoms with Crippen molar-refractivity contribution in [1.82, 2.24) is 0 Å². The molecule has 0 spiro atoms. The van der Waals surface area contributed by atoms with Crippen LogP contribution in [-0.4, -0.2) is 4.84 Å². The van der Waals surface area contributed by atoms with Gasteiger partial charge < -0.3 is 0 Å². The predicted octanol–water partition coefficient (Wildman–Crippen LogP) is 1.26. The van der Waals surface area contributed by atoms with Gasteiger partial charge in [0.2, 0.25) is 0 Å². The zero-order valence-corrected chi connectivity index (χ0v) is 5.10. The standard InChI is InChI=1S/CH5ClP2/c2-1(3)4/h1H,3-4H2/i1D. The average Bonchev–Trinajstić information content (AvgIpc) is 0.722. The lowest BCUT2D eigenvalue weighted by Crippen LogP contribution is -1.50. The highest BCUT2D eigenvalue weighted by Crippen LogP contribution is 2.11. The molecule has 0 N–H and O–H groups in total. The molecule has 0 bridgehead atoms. The average molecular weight is 115 g/mol. The van der Waals surface area contributed by atoms with Gasteiger partial charge in [0.25, 0.3) is 0 Å². The van der Waals surface area contributed by atoms with Crippen LogP contribution in [0.3, 0.4) is 0 Å². The van der Waals surface area contributed by atoms with Gasteiger partial charge in [-0.2, -0.15) is 0 Å². The highest BCUT2D eigenvalue weighted by molar-refractivity contribution is 7.42. The minimum absolute atomic E-state index is 0.944. The Hall–Kier alpha value is 1.15. The lowest BCUT2D eigenvalue weighted by Gasteiger charge is -1.76. The topological polar surface area (TPSA) is 0 Å². The van der Waals surface area contributed by atoms with Crippen molar-refractivity contribution >= 4 is 30.1 Å². The zero-order chi connectivity index (χ0) is 4.50. The van der Waals surface area contributed by atoms with E-state index in [1.165, 1.54) is 0 Å². The second-order valence-electron chi connectivity index (χ2n) is 0.385. The van der Waals surface area contributed by atoms with Gasteiger partial charge in [-0.05, 0) is 0 Å². The molecule has 0 aromatic carbocycles. The van der Waals surface area contributed by atoms with Crippen LogP contribution in [-0.2, 0) is 0 Å². The minimum Gasteiger partial charge on any atom is -0.114 e. The van der Waals surface area contributed by atoms with E-state index in [0.717, 1.165) is 0 Å². The quantitative estimate of drug-likeness (QED) is 0.329. The van der Waals surface area contributed by atoms with Crippen LogP contribution in [0.1, 0.15) is 1.37 Å². The number of hydrogen-bond donors (Lipinski definition) is 0. The molecule has 0 aromatic heterocycles. The van der Waals surface area contributed by atoms with Gasteiger partial charge in [-0.3, -0.25) is 0 Å². The van der Waals surface area contributed by atoms with E-state index >= 15 is 0 Å². The largest absolute Gasteiger partial charge is 0.114 e. The maximum Gasteiger partial charge on any atom is 0.0612 e. The van der Waals surface area contributed by atoms with Crippen molar-refractivity contribution in [1.29, 1.82) is 0 Å². The van der Waals surface area contributed by atoms with E-state index in [1.54, 1.807) is 0 Å². The van der Waals surface area contributed by atoms with E-state index in [0.29, 0.717) is 0 Å². The molecule has 0 aliphatic rings. The number of hydrogen-bond acceptors (Lipinski definition) is 0. The molecule has 0 aliphatic carbocycles. The number of rotatable bonds is 0. The molecule has 2 atom stereocenters. The Morgan fingerprint density at radius 3 is 2.00 bits per heavy atom. The smallest absolute Gasteiger partial charge is 0.0612 e. The van der Waals surface area contributed by atoms with Gasteiger partial charge in [0, 0.05) is 0 Å². The minimum atomic E-state index is -0.944. The van der Waals surface area contributed by atoms with E-state index < -0.39 is 4.84 Å². The molecule has 0 heterocycles. The fourth-order valence-electron chi connectivity index (χ4n) is 0. The Morgan fingerprint density at radius 1 is 2.00 bits per heavy atom. The predicted molar refractivity (Wildman–Crippen MR) is 29.1 cm³/mol. The lowest BCUT2D eigenvalue weighted by molar-refractivity contribution is 2.06. The van der Waals surface area contributed by atoms with E-state index in [4.69, 9.17) is 13.0 Å². The number of alkyl halides is 1. The van der Waals surface area contributed by atoms with E-state index in [1.807, 2.05) is 0 Å². The molecule has 0 saturated carbocycles. The van der Waals surface area contributed by atoms with Crippen molar-refractivity contribution in [3.8, 4) is 0 Å². The SMILES string of the molecule is [2H]C(P)(P)Cl. The molecule has 0 amide bonds.